The average Bonchev–Trinajstić information content (AvgIpc) is 2.50. The van der Waals surface area contributed by atoms with Crippen LogP contribution in [0.15, 0.2) is 12.2 Å². The second-order valence-electron chi connectivity index (χ2n) is 7.93. The number of hydrogen-bond acceptors (Lipinski definition) is 6. The summed E-state index contributed by atoms with van der Waals surface area (Å²) in [6, 6.07) is -0.736. The minimum atomic E-state index is -0.738. The first-order valence-electron chi connectivity index (χ1n) is 8.92. The molecule has 0 bridgehead atoms. The Hall–Kier alpha value is -2.78. The Balaban J connectivity index is 3.86. The number of hydrogen-bond donors (Lipinski definition) is 4. The van der Waals surface area contributed by atoms with Gasteiger partial charge in [-0.2, -0.15) is 0 Å². The Kier molecular flexibility index (Phi) is 10.7. The van der Waals surface area contributed by atoms with E-state index >= 15 is 0 Å². The van der Waals surface area contributed by atoms with E-state index in [0.717, 1.165) is 12.2 Å². The highest BCUT2D eigenvalue weighted by Gasteiger charge is 2.13. The molecule has 0 aliphatic rings. The summed E-state index contributed by atoms with van der Waals surface area (Å²) in [6.45, 7) is 11.2. The molecule has 0 aliphatic carbocycles. The first kappa shape index (κ1) is 25.2. The smallest absolute Gasteiger partial charge is 0.331 e. The van der Waals surface area contributed by atoms with Crippen LogP contribution >= 0.6 is 0 Å². The van der Waals surface area contributed by atoms with Crippen LogP contribution < -0.4 is 21.3 Å². The molecule has 0 aromatic carbocycles. The van der Waals surface area contributed by atoms with Crippen LogP contribution in [0.3, 0.4) is 0 Å². The molecule has 10 heteroatoms. The number of carbonyl (C=O) groups excluding carboxylic acids is 4. The standard InChI is InChI=1S/C18H32N4O6/c1-17(2,3)21-15(25)19-9-11-27-13(23)7-8-14(24)28-12-10-20-16(26)22-18(4,5)6/h7-8H,9-12H2,1-6H3,(H2,19,21,25)(H2,20,22,26)/b8-7+. The molecule has 0 spiro atoms. The first-order valence-corrected chi connectivity index (χ1v) is 8.92. The number of esters is 2. The van der Waals surface area contributed by atoms with Gasteiger partial charge in [0.2, 0.25) is 0 Å². The van der Waals surface area contributed by atoms with Crippen molar-refractivity contribution >= 4 is 24.0 Å². The number of rotatable bonds is 8. The molecule has 0 rings (SSSR count). The quantitative estimate of drug-likeness (QED) is 0.271. The molecule has 28 heavy (non-hydrogen) atoms. The van der Waals surface area contributed by atoms with E-state index in [1.165, 1.54) is 0 Å². The molecule has 10 nitrogen and oxygen atoms in total. The summed E-state index contributed by atoms with van der Waals surface area (Å²) in [6.07, 6.45) is 1.86. The Morgan fingerprint density at radius 3 is 1.29 bits per heavy atom. The fourth-order valence-electron chi connectivity index (χ4n) is 1.63. The minimum Gasteiger partial charge on any atom is -0.461 e. The van der Waals surface area contributed by atoms with E-state index in [1.54, 1.807) is 0 Å². The van der Waals surface area contributed by atoms with Crippen molar-refractivity contribution in [2.75, 3.05) is 26.3 Å². The van der Waals surface area contributed by atoms with Crippen LogP contribution in [0.2, 0.25) is 0 Å². The molecular weight excluding hydrogens is 368 g/mol. The lowest BCUT2D eigenvalue weighted by atomic mass is 10.1. The highest BCUT2D eigenvalue weighted by molar-refractivity contribution is 5.91. The van der Waals surface area contributed by atoms with Gasteiger partial charge in [-0.1, -0.05) is 0 Å². The highest BCUT2D eigenvalue weighted by Crippen LogP contribution is 1.97. The van der Waals surface area contributed by atoms with Gasteiger partial charge in [-0.25, -0.2) is 19.2 Å². The zero-order chi connectivity index (χ0) is 21.8. The molecule has 0 aromatic rings. The lowest BCUT2D eigenvalue weighted by Gasteiger charge is -2.20. The SMILES string of the molecule is CC(C)(C)NC(=O)NCCOC(=O)/C=C/C(=O)OCCNC(=O)NC(C)(C)C. The molecule has 0 atom stereocenters. The van der Waals surface area contributed by atoms with E-state index < -0.39 is 11.9 Å². The third-order valence-electron chi connectivity index (χ3n) is 2.60. The van der Waals surface area contributed by atoms with Crippen molar-refractivity contribution in [1.29, 1.82) is 0 Å². The fourth-order valence-corrected chi connectivity index (χ4v) is 1.63. The van der Waals surface area contributed by atoms with E-state index in [-0.39, 0.29) is 49.4 Å². The molecule has 4 amide bonds. The van der Waals surface area contributed by atoms with Gasteiger partial charge in [-0.05, 0) is 41.5 Å². The first-order chi connectivity index (χ1) is 12.8. The maximum atomic E-state index is 11.5. The molecule has 160 valence electrons. The topological polar surface area (TPSA) is 135 Å². The lowest BCUT2D eigenvalue weighted by molar-refractivity contribution is -0.140. The number of urea groups is 2. The summed E-state index contributed by atoms with van der Waals surface area (Å²) in [5.74, 6) is -1.48. The van der Waals surface area contributed by atoms with Gasteiger partial charge in [0, 0.05) is 23.2 Å². The van der Waals surface area contributed by atoms with Gasteiger partial charge in [0.1, 0.15) is 13.2 Å². The van der Waals surface area contributed by atoms with Gasteiger partial charge in [0.25, 0.3) is 0 Å². The van der Waals surface area contributed by atoms with E-state index in [2.05, 4.69) is 21.3 Å². The molecule has 4 N–H and O–H groups in total. The molecule has 0 saturated carbocycles. The minimum absolute atomic E-state index is 0.0391. The summed E-state index contributed by atoms with van der Waals surface area (Å²) in [5, 5.41) is 10.5. The third kappa shape index (κ3) is 16.7. The van der Waals surface area contributed by atoms with Crippen LogP contribution in [0.25, 0.3) is 0 Å². The predicted octanol–water partition coefficient (Wildman–Crippen LogP) is 0.824. The van der Waals surface area contributed by atoms with Crippen molar-refractivity contribution in [1.82, 2.24) is 21.3 Å². The van der Waals surface area contributed by atoms with Gasteiger partial charge in [-0.15, -0.1) is 0 Å². The molecular formula is C18H32N4O6. The third-order valence-corrected chi connectivity index (χ3v) is 2.60. The number of amides is 4. The molecule has 0 heterocycles. The predicted molar refractivity (Wildman–Crippen MR) is 104 cm³/mol. The second kappa shape index (κ2) is 11.8. The van der Waals surface area contributed by atoms with Crippen molar-refractivity contribution in [2.45, 2.75) is 52.6 Å². The van der Waals surface area contributed by atoms with Crippen LogP contribution in [0.1, 0.15) is 41.5 Å². The van der Waals surface area contributed by atoms with E-state index in [4.69, 9.17) is 9.47 Å². The maximum Gasteiger partial charge on any atom is 0.331 e. The second-order valence-corrected chi connectivity index (χ2v) is 7.93. The van der Waals surface area contributed by atoms with Gasteiger partial charge in [0.05, 0.1) is 13.1 Å². The Labute approximate surface area is 165 Å². The molecule has 0 saturated heterocycles. The van der Waals surface area contributed by atoms with Crippen LogP contribution in [0.4, 0.5) is 9.59 Å². The van der Waals surface area contributed by atoms with Crippen molar-refractivity contribution in [3.8, 4) is 0 Å². The van der Waals surface area contributed by atoms with Gasteiger partial charge in [0.15, 0.2) is 0 Å². The van der Waals surface area contributed by atoms with Crippen molar-refractivity contribution < 1.29 is 28.7 Å². The fraction of sp³-hybridized carbons (Fsp3) is 0.667. The summed E-state index contributed by atoms with van der Waals surface area (Å²) >= 11 is 0. The molecule has 0 aromatic heterocycles. The Morgan fingerprint density at radius 1 is 0.679 bits per heavy atom. The molecule has 0 fully saturated rings. The van der Waals surface area contributed by atoms with Crippen molar-refractivity contribution in [2.24, 2.45) is 0 Å². The van der Waals surface area contributed by atoms with Crippen LogP contribution in [-0.4, -0.2) is 61.4 Å². The summed E-state index contributed by atoms with van der Waals surface area (Å²) in [4.78, 5) is 45.9. The van der Waals surface area contributed by atoms with Gasteiger partial charge in [-0.3, -0.25) is 0 Å². The van der Waals surface area contributed by atoms with Gasteiger partial charge < -0.3 is 30.7 Å². The van der Waals surface area contributed by atoms with Crippen LogP contribution in [0, 0.1) is 0 Å². The van der Waals surface area contributed by atoms with Crippen LogP contribution in [0.5, 0.6) is 0 Å². The van der Waals surface area contributed by atoms with Crippen molar-refractivity contribution in [3.05, 3.63) is 12.2 Å². The zero-order valence-corrected chi connectivity index (χ0v) is 17.4. The normalized spacial score (nSPS) is 11.5. The van der Waals surface area contributed by atoms with Crippen LogP contribution in [-0.2, 0) is 19.1 Å². The highest BCUT2D eigenvalue weighted by atomic mass is 16.5. The lowest BCUT2D eigenvalue weighted by Crippen LogP contribution is -2.47. The summed E-state index contributed by atoms with van der Waals surface area (Å²) in [7, 11) is 0. The monoisotopic (exact) mass is 400 g/mol. The Morgan fingerprint density at radius 2 is 1.00 bits per heavy atom. The number of carbonyl (C=O) groups is 4. The molecule has 0 unspecified atom stereocenters. The van der Waals surface area contributed by atoms with E-state index in [1.807, 2.05) is 41.5 Å². The van der Waals surface area contributed by atoms with Crippen molar-refractivity contribution in [3.63, 3.8) is 0 Å². The van der Waals surface area contributed by atoms with E-state index in [9.17, 15) is 19.2 Å². The Bertz CT molecular complexity index is 526. The van der Waals surface area contributed by atoms with Gasteiger partial charge >= 0.3 is 24.0 Å². The number of nitrogens with one attached hydrogen (secondary N) is 4. The summed E-state index contributed by atoms with van der Waals surface area (Å²) in [5.41, 5.74) is -0.731. The molecule has 0 aliphatic heterocycles. The number of ether oxygens (including phenoxy) is 2. The zero-order valence-electron chi connectivity index (χ0n) is 17.4. The maximum absolute atomic E-state index is 11.5. The largest absolute Gasteiger partial charge is 0.461 e. The summed E-state index contributed by atoms with van der Waals surface area (Å²) < 4.78 is 9.67. The molecule has 0 radical (unpaired) electrons. The van der Waals surface area contributed by atoms with E-state index in [0.29, 0.717) is 0 Å². The average molecular weight is 400 g/mol.